The molecule has 4 amide bonds. The lowest BCUT2D eigenvalue weighted by atomic mass is 9.82. The van der Waals surface area contributed by atoms with Gasteiger partial charge in [0.15, 0.2) is 0 Å². The monoisotopic (exact) mass is 1220 g/mol. The van der Waals surface area contributed by atoms with Gasteiger partial charge in [0.2, 0.25) is 17.7 Å². The summed E-state index contributed by atoms with van der Waals surface area (Å²) < 4.78 is 4.99. The van der Waals surface area contributed by atoms with Crippen molar-refractivity contribution in [2.24, 2.45) is 17.6 Å². The second-order valence-electron chi connectivity index (χ2n) is 23.0. The van der Waals surface area contributed by atoms with Crippen molar-refractivity contribution in [2.75, 3.05) is 27.2 Å². The molecule has 4 heterocycles. The van der Waals surface area contributed by atoms with Crippen LogP contribution in [0.5, 0.6) is 0 Å². The fraction of sp³-hybridized carbons (Fsp3) is 0.507. The number of carboxylic acids is 1. The van der Waals surface area contributed by atoms with Crippen LogP contribution in [0.3, 0.4) is 0 Å². The van der Waals surface area contributed by atoms with Crippen LogP contribution in [0.2, 0.25) is 0 Å². The molecule has 6 atom stereocenters. The van der Waals surface area contributed by atoms with E-state index in [-0.39, 0.29) is 77.1 Å². The number of fused-ring (bicyclic) bond motifs is 2. The van der Waals surface area contributed by atoms with Gasteiger partial charge in [-0.2, -0.15) is 0 Å². The molecule has 0 spiro atoms. The summed E-state index contributed by atoms with van der Waals surface area (Å²) in [5, 5.41) is 25.5. The van der Waals surface area contributed by atoms with Gasteiger partial charge < -0.3 is 36.0 Å². The third-order valence-corrected chi connectivity index (χ3v) is 18.2. The highest BCUT2D eigenvalue weighted by Crippen LogP contribution is 2.41. The van der Waals surface area contributed by atoms with E-state index in [0.717, 1.165) is 87.9 Å². The predicted molar refractivity (Wildman–Crippen MR) is 348 cm³/mol. The molecule has 4 aromatic carbocycles. The largest absolute Gasteiger partial charge is 0.480 e. The predicted octanol–water partition coefficient (Wildman–Crippen LogP) is 13.1. The fourth-order valence-electron chi connectivity index (χ4n) is 11.2. The van der Waals surface area contributed by atoms with E-state index in [4.69, 9.17) is 25.5 Å². The van der Waals surface area contributed by atoms with Crippen LogP contribution in [0.1, 0.15) is 163 Å². The van der Waals surface area contributed by atoms with Gasteiger partial charge in [0.05, 0.1) is 35.6 Å². The molecule has 5 N–H and O–H groups in total. The second-order valence-corrected chi connectivity index (χ2v) is 24.7. The number of Topliss-reactive ketones (excluding diaryl/α,β-unsaturated/α-hetero) is 2. The molecule has 0 bridgehead atoms. The van der Waals surface area contributed by atoms with E-state index in [0.29, 0.717) is 50.9 Å². The Morgan fingerprint density at radius 1 is 0.663 bits per heavy atom. The van der Waals surface area contributed by atoms with Gasteiger partial charge in [-0.25, -0.2) is 19.6 Å². The number of nitrogens with two attached hydrogens (primary N) is 1. The normalized spacial score (nSPS) is 18.4. The number of likely N-dealkylation sites (tertiary alicyclic amines) is 2. The third-order valence-electron chi connectivity index (χ3n) is 16.3. The molecule has 4 fully saturated rings. The Labute approximate surface area is 517 Å². The molecule has 468 valence electrons. The molecular weight excluding hydrogens is 1120 g/mol. The number of nitrogens with one attached hydrogen (secondary N) is 2. The first kappa shape index (κ1) is 71.6. The van der Waals surface area contributed by atoms with Crippen LogP contribution in [-0.2, 0) is 33.5 Å². The van der Waals surface area contributed by atoms with Crippen molar-refractivity contribution >= 4 is 85.6 Å². The van der Waals surface area contributed by atoms with Crippen LogP contribution in [0, 0.1) is 11.8 Å². The van der Waals surface area contributed by atoms with E-state index in [1.54, 1.807) is 57.4 Å². The molecular formula is C67H94N8O9S2. The van der Waals surface area contributed by atoms with Gasteiger partial charge in [0.1, 0.15) is 39.3 Å². The lowest BCUT2D eigenvalue weighted by molar-refractivity contribution is -0.142. The summed E-state index contributed by atoms with van der Waals surface area (Å²) in [4.78, 5) is 100. The summed E-state index contributed by atoms with van der Waals surface area (Å²) in [5.74, 6) is -0.696. The second kappa shape index (κ2) is 32.2. The third kappa shape index (κ3) is 17.4. The van der Waals surface area contributed by atoms with E-state index in [9.17, 15) is 33.6 Å². The smallest absolute Gasteiger partial charge is 0.410 e. The molecule has 4 aliphatic rings. The highest BCUT2D eigenvalue weighted by Gasteiger charge is 2.42. The van der Waals surface area contributed by atoms with Crippen molar-refractivity contribution in [3.8, 4) is 22.5 Å². The van der Waals surface area contributed by atoms with E-state index < -0.39 is 41.8 Å². The van der Waals surface area contributed by atoms with Crippen molar-refractivity contribution in [2.45, 2.75) is 183 Å². The topological polar surface area (TPSA) is 235 Å². The van der Waals surface area contributed by atoms with Crippen LogP contribution in [0.15, 0.2) is 95.7 Å². The highest BCUT2D eigenvalue weighted by molar-refractivity contribution is 7.10. The zero-order valence-electron chi connectivity index (χ0n) is 48.1. The maximum absolute atomic E-state index is 14.0. The number of ketones is 2. The Balaban J connectivity index is 0.000000294. The zero-order valence-corrected chi connectivity index (χ0v) is 49.7. The Morgan fingerprint density at radius 3 is 1.53 bits per heavy atom. The molecule has 19 heteroatoms. The number of amides is 4. The molecule has 6 aromatic rings. The lowest BCUT2D eigenvalue weighted by Gasteiger charge is -2.34. The molecule has 2 aliphatic carbocycles. The molecule has 0 radical (unpaired) electrons. The summed E-state index contributed by atoms with van der Waals surface area (Å²) in [5.41, 5.74) is 9.90. The van der Waals surface area contributed by atoms with Gasteiger partial charge in [-0.3, -0.25) is 28.9 Å². The number of ether oxygens (including phenoxy) is 1. The summed E-state index contributed by atoms with van der Waals surface area (Å²) in [7, 11) is 3.12. The first-order valence-corrected chi connectivity index (χ1v) is 30.4. The quantitative estimate of drug-likeness (QED) is 0.0843. The number of aromatic nitrogens is 2. The molecule has 2 saturated carbocycles. The minimum atomic E-state index is -1.06. The Bertz CT molecular complexity index is 3230. The molecule has 2 saturated heterocycles. The molecule has 1 unspecified atom stereocenters. The van der Waals surface area contributed by atoms with Crippen molar-refractivity contribution < 1.29 is 43.4 Å². The average Bonchev–Trinajstić information content (AvgIpc) is 1.92. The van der Waals surface area contributed by atoms with Crippen molar-refractivity contribution in [3.05, 3.63) is 106 Å². The average molecular weight is 1220 g/mol. The van der Waals surface area contributed by atoms with Gasteiger partial charge in [-0.05, 0) is 126 Å². The summed E-state index contributed by atoms with van der Waals surface area (Å²) in [6, 6.07) is 26.6. The van der Waals surface area contributed by atoms with Crippen molar-refractivity contribution in [1.82, 2.24) is 35.3 Å². The van der Waals surface area contributed by atoms with Gasteiger partial charge in [-0.15, -0.1) is 22.7 Å². The number of carboxylic acid groups (broad SMARTS) is 1. The SMILES string of the molecule is C.C.C.C.CN[C@@H](C)C(=O)N[C@H](C(=O)N1CCC[C@H]1c1nc(-c2cccc3ccccc23)cs1)C1CCC(=O)CC1.C[C@@H](C(=O)O)N(C)C(=O)OC(C)(C)C.NC(C(=O)N1CCC[C@H]1c1nc(-c2cccc3ccccc23)cs1)C1CCC(=O)CC1. The molecule has 2 aromatic heterocycles. The maximum atomic E-state index is 14.0. The standard InChI is InChI=1S/C29H34N4O3S.C25H27N3O2S.C9H17NO4.4CH4/c1-18(30-2)27(35)32-26(20-12-14-21(34)15-13-20)29(36)33-16-6-11-25(33)28-31-24(17-37-28)23-10-5-8-19-7-3-4-9-22(19)23;26-23(17-10-12-18(29)13-11-17)25(30)28-14-4-9-22(28)24-27-21(15-31-24)20-8-3-6-16-5-1-2-7-19(16)20;1-6(7(11)12)10(5)8(13)14-9(2,3)4;;;;/h3-5,7-10,17-18,20,25-26,30H,6,11-16H2,1-2H3,(H,32,35);1-3,5-8,15,17,22-23H,4,9-14,26H2;6H,1-5H3,(H,11,12);4*1H4/t18-,25-,26-;22-,23?;6-;;;;/m000..../s1. The van der Waals surface area contributed by atoms with Crippen LogP contribution in [-0.4, -0.2) is 128 Å². The minimum absolute atomic E-state index is 0. The number of aliphatic carboxylic acids is 1. The van der Waals surface area contributed by atoms with E-state index in [1.165, 1.54) is 30.1 Å². The van der Waals surface area contributed by atoms with Crippen LogP contribution in [0.25, 0.3) is 44.1 Å². The number of hydrogen-bond donors (Lipinski definition) is 4. The number of hydrogen-bond acceptors (Lipinski definition) is 14. The van der Waals surface area contributed by atoms with Gasteiger partial charge >= 0.3 is 12.1 Å². The molecule has 17 nitrogen and oxygen atoms in total. The number of nitrogens with zero attached hydrogens (tertiary/aromatic N) is 5. The van der Waals surface area contributed by atoms with Gasteiger partial charge in [0.25, 0.3) is 0 Å². The van der Waals surface area contributed by atoms with E-state index in [2.05, 4.69) is 88.1 Å². The summed E-state index contributed by atoms with van der Waals surface area (Å²) in [6.45, 7) is 9.76. The van der Waals surface area contributed by atoms with Gasteiger partial charge in [0, 0.05) is 67.7 Å². The number of benzene rings is 4. The van der Waals surface area contributed by atoms with Crippen molar-refractivity contribution in [1.29, 1.82) is 0 Å². The number of thiazole rings is 2. The number of rotatable bonds is 13. The Kier molecular flexibility index (Phi) is 26.8. The molecule has 2 aliphatic heterocycles. The van der Waals surface area contributed by atoms with Gasteiger partial charge in [-0.1, -0.05) is 115 Å². The van der Waals surface area contributed by atoms with Crippen molar-refractivity contribution in [3.63, 3.8) is 0 Å². The highest BCUT2D eigenvalue weighted by atomic mass is 32.1. The van der Waals surface area contributed by atoms with Crippen LogP contribution >= 0.6 is 22.7 Å². The molecule has 86 heavy (non-hydrogen) atoms. The van der Waals surface area contributed by atoms with E-state index in [1.807, 2.05) is 28.0 Å². The minimum Gasteiger partial charge on any atom is -0.480 e. The zero-order chi connectivity index (χ0) is 58.8. The first-order valence-electron chi connectivity index (χ1n) is 28.7. The first-order chi connectivity index (χ1) is 39.2. The maximum Gasteiger partial charge on any atom is 0.410 e. The number of carbonyl (C=O) groups is 7. The molecule has 10 rings (SSSR count). The Morgan fingerprint density at radius 2 is 1.09 bits per heavy atom. The van der Waals surface area contributed by atoms with Crippen LogP contribution < -0.4 is 16.4 Å². The Hall–Kier alpha value is -6.93. The lowest BCUT2D eigenvalue weighted by Crippen LogP contribution is -2.55. The van der Waals surface area contributed by atoms with Crippen LogP contribution in [0.4, 0.5) is 4.79 Å². The summed E-state index contributed by atoms with van der Waals surface area (Å²) >= 11 is 3.22. The fourth-order valence-corrected chi connectivity index (χ4v) is 13.2. The number of likely N-dealkylation sites (N-methyl/N-ethyl adjacent to an activating group) is 2. The number of carbonyl (C=O) groups excluding carboxylic acids is 6. The van der Waals surface area contributed by atoms with E-state index >= 15 is 0 Å². The summed E-state index contributed by atoms with van der Waals surface area (Å²) in [6.07, 6.45) is 7.76.